The van der Waals surface area contributed by atoms with Crippen LogP contribution < -0.4 is 9.64 Å². The highest BCUT2D eigenvalue weighted by Crippen LogP contribution is 2.34. The van der Waals surface area contributed by atoms with Crippen molar-refractivity contribution in [1.82, 2.24) is 9.97 Å². The van der Waals surface area contributed by atoms with E-state index in [2.05, 4.69) is 16.0 Å². The summed E-state index contributed by atoms with van der Waals surface area (Å²) in [6.45, 7) is -0.399. The molecule has 114 valence electrons. The van der Waals surface area contributed by atoms with Crippen LogP contribution in [0.1, 0.15) is 0 Å². The van der Waals surface area contributed by atoms with Gasteiger partial charge < -0.3 is 9.64 Å². The van der Waals surface area contributed by atoms with Gasteiger partial charge in [0.1, 0.15) is 19.0 Å². The number of hydrogen-bond donors (Lipinski definition) is 0. The van der Waals surface area contributed by atoms with Gasteiger partial charge in [0, 0.05) is 25.0 Å². The molecule has 0 radical (unpaired) electrons. The minimum absolute atomic E-state index is 0.0852. The molecule has 1 aromatic carbocycles. The summed E-state index contributed by atoms with van der Waals surface area (Å²) >= 11 is 1.64. The summed E-state index contributed by atoms with van der Waals surface area (Å²) in [4.78, 5) is 11.7. The lowest BCUT2D eigenvalue weighted by Gasteiger charge is -2.09. The van der Waals surface area contributed by atoms with Crippen molar-refractivity contribution in [2.45, 2.75) is 0 Å². The Morgan fingerprint density at radius 3 is 2.86 bits per heavy atom. The molecule has 0 amide bonds. The van der Waals surface area contributed by atoms with Gasteiger partial charge in [0.05, 0.1) is 10.6 Å². The zero-order valence-electron chi connectivity index (χ0n) is 12.4. The second kappa shape index (κ2) is 6.27. The number of aromatic nitrogens is 2. The Morgan fingerprint density at radius 1 is 1.23 bits per heavy atom. The van der Waals surface area contributed by atoms with Crippen LogP contribution in [0.5, 0.6) is 5.75 Å². The number of fused-ring (bicyclic) bond motifs is 1. The molecule has 6 heteroatoms. The van der Waals surface area contributed by atoms with E-state index >= 15 is 0 Å². The third kappa shape index (κ3) is 3.01. The van der Waals surface area contributed by atoms with Crippen LogP contribution in [-0.2, 0) is 0 Å². The highest BCUT2D eigenvalue weighted by atomic mass is 32.1. The molecule has 0 N–H and O–H groups in total. The summed E-state index contributed by atoms with van der Waals surface area (Å²) in [5, 5.41) is 1.12. The van der Waals surface area contributed by atoms with E-state index < -0.39 is 6.67 Å². The van der Waals surface area contributed by atoms with Crippen LogP contribution >= 0.6 is 11.3 Å². The maximum Gasteiger partial charge on any atom is 0.225 e. The smallest absolute Gasteiger partial charge is 0.225 e. The SMILES string of the molecule is CN(C)c1nccc(-c2cc3ccc(OCCF)cc3s2)n1. The van der Waals surface area contributed by atoms with Gasteiger partial charge in [-0.05, 0) is 35.7 Å². The molecule has 3 rings (SSSR count). The minimum atomic E-state index is -0.484. The van der Waals surface area contributed by atoms with Gasteiger partial charge in [0.15, 0.2) is 0 Å². The predicted octanol–water partition coefficient (Wildman–Crippen LogP) is 3.77. The molecular weight excluding hydrogens is 301 g/mol. The van der Waals surface area contributed by atoms with Crippen molar-refractivity contribution in [1.29, 1.82) is 0 Å². The van der Waals surface area contributed by atoms with Crippen LogP contribution in [0.15, 0.2) is 36.5 Å². The summed E-state index contributed by atoms with van der Waals surface area (Å²) < 4.78 is 18.6. The van der Waals surface area contributed by atoms with E-state index in [9.17, 15) is 4.39 Å². The first-order valence-corrected chi connectivity index (χ1v) is 7.72. The number of rotatable bonds is 5. The number of anilines is 1. The second-order valence-electron chi connectivity index (χ2n) is 4.98. The molecular formula is C16H16FN3OS. The van der Waals surface area contributed by atoms with Gasteiger partial charge in [-0.1, -0.05) is 0 Å². The van der Waals surface area contributed by atoms with Crippen LogP contribution in [0.3, 0.4) is 0 Å². The molecule has 0 spiro atoms. The van der Waals surface area contributed by atoms with E-state index in [4.69, 9.17) is 4.74 Å². The van der Waals surface area contributed by atoms with E-state index in [1.165, 1.54) is 0 Å². The topological polar surface area (TPSA) is 38.2 Å². The molecule has 0 saturated carbocycles. The number of alkyl halides is 1. The highest BCUT2D eigenvalue weighted by molar-refractivity contribution is 7.22. The van der Waals surface area contributed by atoms with Crippen molar-refractivity contribution in [2.24, 2.45) is 0 Å². The molecule has 0 bridgehead atoms. The van der Waals surface area contributed by atoms with Crippen molar-refractivity contribution in [2.75, 3.05) is 32.3 Å². The lowest BCUT2D eigenvalue weighted by Crippen LogP contribution is -2.12. The van der Waals surface area contributed by atoms with Crippen LogP contribution in [-0.4, -0.2) is 37.3 Å². The maximum atomic E-state index is 12.2. The van der Waals surface area contributed by atoms with Gasteiger partial charge in [-0.25, -0.2) is 14.4 Å². The number of thiophene rings is 1. The van der Waals surface area contributed by atoms with Crippen molar-refractivity contribution in [3.05, 3.63) is 36.5 Å². The molecule has 0 atom stereocenters. The average Bonchev–Trinajstić information content (AvgIpc) is 2.96. The fourth-order valence-electron chi connectivity index (χ4n) is 2.09. The lowest BCUT2D eigenvalue weighted by molar-refractivity contribution is 0.273. The zero-order chi connectivity index (χ0) is 15.5. The largest absolute Gasteiger partial charge is 0.491 e. The number of benzene rings is 1. The van der Waals surface area contributed by atoms with Gasteiger partial charge >= 0.3 is 0 Å². The van der Waals surface area contributed by atoms with Gasteiger partial charge in [0.2, 0.25) is 5.95 Å². The first-order chi connectivity index (χ1) is 10.7. The summed E-state index contributed by atoms with van der Waals surface area (Å²) in [7, 11) is 3.83. The Kier molecular flexibility index (Phi) is 4.20. The van der Waals surface area contributed by atoms with E-state index in [1.807, 2.05) is 43.3 Å². The first kappa shape index (κ1) is 14.7. The Labute approximate surface area is 132 Å². The highest BCUT2D eigenvalue weighted by Gasteiger charge is 2.09. The minimum Gasteiger partial charge on any atom is -0.491 e. The number of ether oxygens (including phenoxy) is 1. The van der Waals surface area contributed by atoms with Crippen LogP contribution in [0.2, 0.25) is 0 Å². The van der Waals surface area contributed by atoms with E-state index in [-0.39, 0.29) is 6.61 Å². The molecule has 3 aromatic rings. The average molecular weight is 317 g/mol. The Morgan fingerprint density at radius 2 is 2.09 bits per heavy atom. The quantitative estimate of drug-likeness (QED) is 0.718. The van der Waals surface area contributed by atoms with Crippen molar-refractivity contribution >= 4 is 27.4 Å². The van der Waals surface area contributed by atoms with Gasteiger partial charge in [0.25, 0.3) is 0 Å². The summed E-state index contributed by atoms with van der Waals surface area (Å²) in [5.74, 6) is 1.37. The lowest BCUT2D eigenvalue weighted by atomic mass is 10.2. The third-order valence-electron chi connectivity index (χ3n) is 3.13. The fraction of sp³-hybridized carbons (Fsp3) is 0.250. The van der Waals surface area contributed by atoms with Gasteiger partial charge in [-0.15, -0.1) is 11.3 Å². The molecule has 0 aliphatic rings. The molecule has 0 aliphatic heterocycles. The van der Waals surface area contributed by atoms with Crippen LogP contribution in [0.25, 0.3) is 20.7 Å². The summed E-state index contributed by atoms with van der Waals surface area (Å²) in [5.41, 5.74) is 0.895. The normalized spacial score (nSPS) is 10.9. The van der Waals surface area contributed by atoms with E-state index in [0.717, 1.165) is 20.7 Å². The molecule has 2 aromatic heterocycles. The van der Waals surface area contributed by atoms with E-state index in [1.54, 1.807) is 17.5 Å². The maximum absolute atomic E-state index is 12.2. The second-order valence-corrected chi connectivity index (χ2v) is 6.07. The Hall–Kier alpha value is -2.21. The molecule has 0 unspecified atom stereocenters. The number of nitrogens with zero attached hydrogens (tertiary/aromatic N) is 3. The molecule has 0 fully saturated rings. The van der Waals surface area contributed by atoms with Gasteiger partial charge in [-0.2, -0.15) is 0 Å². The van der Waals surface area contributed by atoms with Crippen molar-refractivity contribution in [3.8, 4) is 16.3 Å². The molecule has 0 saturated heterocycles. The van der Waals surface area contributed by atoms with Crippen molar-refractivity contribution < 1.29 is 9.13 Å². The first-order valence-electron chi connectivity index (χ1n) is 6.90. The molecule has 22 heavy (non-hydrogen) atoms. The monoisotopic (exact) mass is 317 g/mol. The fourth-order valence-corrected chi connectivity index (χ4v) is 3.15. The summed E-state index contributed by atoms with van der Waals surface area (Å²) in [6, 6.07) is 9.78. The van der Waals surface area contributed by atoms with Gasteiger partial charge in [-0.3, -0.25) is 0 Å². The molecule has 4 nitrogen and oxygen atoms in total. The Bertz CT molecular complexity index is 788. The predicted molar refractivity (Wildman–Crippen MR) is 88.6 cm³/mol. The van der Waals surface area contributed by atoms with Crippen LogP contribution in [0.4, 0.5) is 10.3 Å². The number of halogens is 1. The standard InChI is InChI=1S/C16H16FN3OS/c1-20(2)16-18-7-5-13(19-16)15-9-11-3-4-12(21-8-6-17)10-14(11)22-15/h3-5,7,9-10H,6,8H2,1-2H3. The third-order valence-corrected chi connectivity index (χ3v) is 4.25. The Balaban J connectivity index is 1.96. The zero-order valence-corrected chi connectivity index (χ0v) is 13.2. The van der Waals surface area contributed by atoms with Crippen molar-refractivity contribution in [3.63, 3.8) is 0 Å². The summed E-state index contributed by atoms with van der Waals surface area (Å²) in [6.07, 6.45) is 1.76. The van der Waals surface area contributed by atoms with E-state index in [0.29, 0.717) is 11.7 Å². The van der Waals surface area contributed by atoms with Crippen LogP contribution in [0, 0.1) is 0 Å². The molecule has 0 aliphatic carbocycles. The molecule has 2 heterocycles. The number of hydrogen-bond acceptors (Lipinski definition) is 5.